The van der Waals surface area contributed by atoms with Gasteiger partial charge < -0.3 is 20.6 Å². The van der Waals surface area contributed by atoms with Crippen LogP contribution >= 0.6 is 0 Å². The molecule has 0 amide bonds. The van der Waals surface area contributed by atoms with Crippen molar-refractivity contribution in [3.63, 3.8) is 0 Å². The van der Waals surface area contributed by atoms with E-state index in [1.165, 1.54) is 0 Å². The molecule has 0 aliphatic heterocycles. The molecule has 1 aliphatic carbocycles. The van der Waals surface area contributed by atoms with Crippen LogP contribution in [-0.2, 0) is 4.79 Å². The Morgan fingerprint density at radius 2 is 1.95 bits per heavy atom. The molecule has 1 unspecified atom stereocenters. The van der Waals surface area contributed by atoms with Crippen LogP contribution in [0.15, 0.2) is 0 Å². The summed E-state index contributed by atoms with van der Waals surface area (Å²) < 4.78 is 0. The van der Waals surface area contributed by atoms with E-state index in [1.807, 2.05) is 0 Å². The molecule has 5 heteroatoms. The van der Waals surface area contributed by atoms with Crippen LogP contribution < -0.4 is 5.32 Å². The predicted molar refractivity (Wildman–Crippen MR) is 77.5 cm³/mol. The van der Waals surface area contributed by atoms with Crippen LogP contribution in [0.25, 0.3) is 0 Å². The number of nitrogens with one attached hydrogen (secondary N) is 1. The van der Waals surface area contributed by atoms with Crippen LogP contribution in [-0.4, -0.2) is 45.6 Å². The maximum atomic E-state index is 10.9. The Bertz CT molecular complexity index is 320. The van der Waals surface area contributed by atoms with E-state index in [2.05, 4.69) is 19.2 Å². The molecule has 1 atom stereocenters. The largest absolute Gasteiger partial charge is 0.481 e. The first-order valence-electron chi connectivity index (χ1n) is 7.52. The molecule has 0 aromatic rings. The van der Waals surface area contributed by atoms with Gasteiger partial charge in [-0.1, -0.05) is 13.8 Å². The monoisotopic (exact) mass is 287 g/mol. The summed E-state index contributed by atoms with van der Waals surface area (Å²) in [5, 5.41) is 32.7. The topological polar surface area (TPSA) is 89.8 Å². The van der Waals surface area contributed by atoms with Crippen molar-refractivity contribution in [2.24, 2.45) is 11.8 Å². The maximum Gasteiger partial charge on any atom is 0.306 e. The Labute approximate surface area is 121 Å². The SMILES string of the molecule is CC(C)CC(C)(O)CNCC1(O)CCC(C(=O)O)CC1. The number of carboxylic acids is 1. The summed E-state index contributed by atoms with van der Waals surface area (Å²) in [6.45, 7) is 6.78. The fraction of sp³-hybridized carbons (Fsp3) is 0.933. The Balaban J connectivity index is 2.33. The average molecular weight is 287 g/mol. The highest BCUT2D eigenvalue weighted by atomic mass is 16.4. The van der Waals surface area contributed by atoms with Crippen molar-refractivity contribution in [2.45, 2.75) is 64.1 Å². The second kappa shape index (κ2) is 6.87. The van der Waals surface area contributed by atoms with E-state index in [4.69, 9.17) is 5.11 Å². The summed E-state index contributed by atoms with van der Waals surface area (Å²) in [6.07, 6.45) is 2.76. The van der Waals surface area contributed by atoms with Crippen molar-refractivity contribution < 1.29 is 20.1 Å². The molecule has 1 aliphatic rings. The molecule has 0 spiro atoms. The van der Waals surface area contributed by atoms with E-state index < -0.39 is 17.2 Å². The zero-order valence-corrected chi connectivity index (χ0v) is 12.9. The van der Waals surface area contributed by atoms with Gasteiger partial charge in [0, 0.05) is 13.1 Å². The summed E-state index contributed by atoms with van der Waals surface area (Å²) in [7, 11) is 0. The van der Waals surface area contributed by atoms with Crippen LogP contribution in [0.2, 0.25) is 0 Å². The Kier molecular flexibility index (Phi) is 5.98. The van der Waals surface area contributed by atoms with Gasteiger partial charge >= 0.3 is 5.97 Å². The number of carboxylic acid groups (broad SMARTS) is 1. The van der Waals surface area contributed by atoms with Crippen LogP contribution in [0.5, 0.6) is 0 Å². The zero-order chi connectivity index (χ0) is 15.4. The van der Waals surface area contributed by atoms with Gasteiger partial charge in [-0.3, -0.25) is 4.79 Å². The second-order valence-electron chi connectivity index (χ2n) is 7.04. The first kappa shape index (κ1) is 17.4. The fourth-order valence-electron chi connectivity index (χ4n) is 3.10. The molecule has 0 bridgehead atoms. The van der Waals surface area contributed by atoms with E-state index in [0.29, 0.717) is 51.1 Å². The second-order valence-corrected chi connectivity index (χ2v) is 7.04. The highest BCUT2D eigenvalue weighted by Gasteiger charge is 2.35. The molecule has 118 valence electrons. The molecule has 1 saturated carbocycles. The molecule has 0 aromatic heterocycles. The highest BCUT2D eigenvalue weighted by molar-refractivity contribution is 5.70. The molecule has 0 heterocycles. The normalized spacial score (nSPS) is 30.2. The summed E-state index contributed by atoms with van der Waals surface area (Å²) in [6, 6.07) is 0. The molecule has 4 N–H and O–H groups in total. The van der Waals surface area contributed by atoms with Gasteiger partial charge in [-0.05, 0) is 44.9 Å². The predicted octanol–water partition coefficient (Wildman–Crippen LogP) is 1.38. The highest BCUT2D eigenvalue weighted by Crippen LogP contribution is 2.31. The standard InChI is InChI=1S/C15H29NO4/c1-11(2)8-14(3,19)9-16-10-15(20)6-4-12(5-7-15)13(17)18/h11-12,16,19-20H,4-10H2,1-3H3,(H,17,18). The molecule has 1 rings (SSSR count). The Morgan fingerprint density at radius 3 is 2.40 bits per heavy atom. The third kappa shape index (κ3) is 5.77. The van der Waals surface area contributed by atoms with Crippen LogP contribution in [0, 0.1) is 11.8 Å². The molecule has 0 radical (unpaired) electrons. The molecule has 0 saturated heterocycles. The average Bonchev–Trinajstić information content (AvgIpc) is 2.26. The quantitative estimate of drug-likeness (QED) is 0.568. The Hall–Kier alpha value is -0.650. The summed E-state index contributed by atoms with van der Waals surface area (Å²) in [5.41, 5.74) is -1.61. The third-order valence-electron chi connectivity index (χ3n) is 4.07. The Morgan fingerprint density at radius 1 is 1.40 bits per heavy atom. The van der Waals surface area contributed by atoms with Crippen LogP contribution in [0.1, 0.15) is 52.9 Å². The van der Waals surface area contributed by atoms with Crippen molar-refractivity contribution in [1.82, 2.24) is 5.32 Å². The van der Waals surface area contributed by atoms with E-state index in [0.717, 1.165) is 0 Å². The van der Waals surface area contributed by atoms with Crippen molar-refractivity contribution in [2.75, 3.05) is 13.1 Å². The number of carbonyl (C=O) groups is 1. The molecule has 1 fully saturated rings. The number of hydrogen-bond donors (Lipinski definition) is 4. The van der Waals surface area contributed by atoms with Crippen molar-refractivity contribution in [3.8, 4) is 0 Å². The molecular formula is C15H29NO4. The molecule has 0 aromatic carbocycles. The van der Waals surface area contributed by atoms with E-state index >= 15 is 0 Å². The first-order valence-corrected chi connectivity index (χ1v) is 7.52. The number of aliphatic hydroxyl groups is 2. The lowest BCUT2D eigenvalue weighted by Gasteiger charge is -2.36. The minimum atomic E-state index is -0.833. The third-order valence-corrected chi connectivity index (χ3v) is 4.07. The lowest BCUT2D eigenvalue weighted by Crippen LogP contribution is -2.48. The summed E-state index contributed by atoms with van der Waals surface area (Å²) in [5.74, 6) is -0.667. The lowest BCUT2D eigenvalue weighted by molar-refractivity contribution is -0.144. The van der Waals surface area contributed by atoms with Gasteiger partial charge in [0.25, 0.3) is 0 Å². The van der Waals surface area contributed by atoms with Gasteiger partial charge in [-0.2, -0.15) is 0 Å². The minimum Gasteiger partial charge on any atom is -0.481 e. The van der Waals surface area contributed by atoms with Gasteiger partial charge in [-0.15, -0.1) is 0 Å². The number of hydrogen-bond acceptors (Lipinski definition) is 4. The minimum absolute atomic E-state index is 0.320. The van der Waals surface area contributed by atoms with E-state index in [9.17, 15) is 15.0 Å². The molecule has 5 nitrogen and oxygen atoms in total. The smallest absolute Gasteiger partial charge is 0.306 e. The number of rotatable bonds is 7. The first-order chi connectivity index (χ1) is 9.14. The molecular weight excluding hydrogens is 258 g/mol. The van der Waals surface area contributed by atoms with Gasteiger partial charge in [-0.25, -0.2) is 0 Å². The summed E-state index contributed by atoms with van der Waals surface area (Å²) >= 11 is 0. The van der Waals surface area contributed by atoms with Crippen molar-refractivity contribution >= 4 is 5.97 Å². The van der Waals surface area contributed by atoms with Gasteiger partial charge in [0.2, 0.25) is 0 Å². The fourth-order valence-corrected chi connectivity index (χ4v) is 3.10. The summed E-state index contributed by atoms with van der Waals surface area (Å²) in [4.78, 5) is 10.9. The molecule has 20 heavy (non-hydrogen) atoms. The van der Waals surface area contributed by atoms with Crippen LogP contribution in [0.3, 0.4) is 0 Å². The zero-order valence-electron chi connectivity index (χ0n) is 12.9. The van der Waals surface area contributed by atoms with Crippen LogP contribution in [0.4, 0.5) is 0 Å². The van der Waals surface area contributed by atoms with E-state index in [-0.39, 0.29) is 5.92 Å². The lowest BCUT2D eigenvalue weighted by atomic mass is 9.78. The van der Waals surface area contributed by atoms with Gasteiger partial charge in [0.1, 0.15) is 0 Å². The van der Waals surface area contributed by atoms with Gasteiger partial charge in [0.05, 0.1) is 17.1 Å². The van der Waals surface area contributed by atoms with Crippen molar-refractivity contribution in [1.29, 1.82) is 0 Å². The van der Waals surface area contributed by atoms with Crippen molar-refractivity contribution in [3.05, 3.63) is 0 Å². The van der Waals surface area contributed by atoms with Gasteiger partial charge in [0.15, 0.2) is 0 Å². The maximum absolute atomic E-state index is 10.9. The number of aliphatic carboxylic acids is 1. The van der Waals surface area contributed by atoms with E-state index in [1.54, 1.807) is 6.92 Å².